The van der Waals surface area contributed by atoms with Crippen LogP contribution < -0.4 is 0 Å². The maximum Gasteiger partial charge on any atom is 0.223 e. The van der Waals surface area contributed by atoms with Crippen LogP contribution in [0.1, 0.15) is 41.9 Å². The molecule has 1 aliphatic rings. The number of nitrogens with zero attached hydrogens (tertiary/aromatic N) is 1. The zero-order valence-electron chi connectivity index (χ0n) is 15.2. The van der Waals surface area contributed by atoms with Crippen LogP contribution >= 0.6 is 0 Å². The van der Waals surface area contributed by atoms with E-state index in [1.165, 1.54) is 16.7 Å². The number of benzene rings is 2. The van der Waals surface area contributed by atoms with E-state index in [1.807, 2.05) is 30.1 Å². The Morgan fingerprint density at radius 3 is 2.40 bits per heavy atom. The van der Waals surface area contributed by atoms with E-state index in [-0.39, 0.29) is 11.8 Å². The van der Waals surface area contributed by atoms with Crippen molar-refractivity contribution in [3.8, 4) is 0 Å². The third-order valence-corrected chi connectivity index (χ3v) is 5.28. The minimum Gasteiger partial charge on any atom is -0.381 e. The van der Waals surface area contributed by atoms with Crippen molar-refractivity contribution in [1.82, 2.24) is 4.90 Å². The molecule has 3 rings (SSSR count). The molecule has 0 unspecified atom stereocenters. The van der Waals surface area contributed by atoms with Gasteiger partial charge in [0, 0.05) is 38.6 Å². The lowest BCUT2D eigenvalue weighted by Gasteiger charge is -2.32. The summed E-state index contributed by atoms with van der Waals surface area (Å²) < 4.78 is 5.43. The summed E-state index contributed by atoms with van der Waals surface area (Å²) in [4.78, 5) is 14.9. The van der Waals surface area contributed by atoms with Crippen LogP contribution in [0.5, 0.6) is 0 Å². The van der Waals surface area contributed by atoms with Crippen LogP contribution in [0.15, 0.2) is 54.6 Å². The van der Waals surface area contributed by atoms with Crippen molar-refractivity contribution >= 4 is 5.91 Å². The van der Waals surface area contributed by atoms with E-state index in [2.05, 4.69) is 43.3 Å². The highest BCUT2D eigenvalue weighted by Gasteiger charge is 2.26. The van der Waals surface area contributed by atoms with Crippen molar-refractivity contribution < 1.29 is 9.53 Å². The van der Waals surface area contributed by atoms with E-state index in [4.69, 9.17) is 4.74 Å². The standard InChI is InChI=1S/C22H27NO2/c1-17-8-6-7-11-20(17)21(18-9-4-3-5-10-18)16-22(24)23(2)19-12-14-25-15-13-19/h3-11,19,21H,12-16H2,1-2H3/t21-/m1/s1. The molecule has 1 aliphatic heterocycles. The summed E-state index contributed by atoms with van der Waals surface area (Å²) in [7, 11) is 1.94. The Hall–Kier alpha value is -2.13. The SMILES string of the molecule is Cc1ccccc1[C@H](CC(=O)N(C)C1CCOCC1)c1ccccc1. The van der Waals surface area contributed by atoms with Gasteiger partial charge in [-0.2, -0.15) is 0 Å². The summed E-state index contributed by atoms with van der Waals surface area (Å²) in [6.45, 7) is 3.63. The summed E-state index contributed by atoms with van der Waals surface area (Å²) >= 11 is 0. The molecule has 2 aromatic carbocycles. The third kappa shape index (κ3) is 4.29. The van der Waals surface area contributed by atoms with Crippen LogP contribution in [0.2, 0.25) is 0 Å². The number of hydrogen-bond donors (Lipinski definition) is 0. The Kier molecular flexibility index (Phi) is 5.87. The van der Waals surface area contributed by atoms with Gasteiger partial charge in [0.2, 0.25) is 5.91 Å². The van der Waals surface area contributed by atoms with Crippen molar-refractivity contribution in [2.24, 2.45) is 0 Å². The van der Waals surface area contributed by atoms with E-state index in [0.717, 1.165) is 26.1 Å². The van der Waals surface area contributed by atoms with E-state index >= 15 is 0 Å². The molecule has 3 nitrogen and oxygen atoms in total. The maximum atomic E-state index is 13.0. The monoisotopic (exact) mass is 337 g/mol. The number of carbonyl (C=O) groups excluding carboxylic acids is 1. The van der Waals surface area contributed by atoms with Crippen molar-refractivity contribution in [2.75, 3.05) is 20.3 Å². The summed E-state index contributed by atoms with van der Waals surface area (Å²) in [5.74, 6) is 0.307. The molecule has 0 N–H and O–H groups in total. The van der Waals surface area contributed by atoms with Crippen LogP contribution in [0.25, 0.3) is 0 Å². The van der Waals surface area contributed by atoms with E-state index in [1.54, 1.807) is 0 Å². The van der Waals surface area contributed by atoms with Gasteiger partial charge < -0.3 is 9.64 Å². The fraction of sp³-hybridized carbons (Fsp3) is 0.409. The predicted molar refractivity (Wildman–Crippen MR) is 101 cm³/mol. The van der Waals surface area contributed by atoms with Crippen molar-refractivity contribution in [2.45, 2.75) is 38.1 Å². The molecule has 0 saturated carbocycles. The first kappa shape index (κ1) is 17.7. The summed E-state index contributed by atoms with van der Waals surface area (Å²) in [5, 5.41) is 0. The van der Waals surface area contributed by atoms with Crippen LogP contribution in [0.3, 0.4) is 0 Å². The van der Waals surface area contributed by atoms with E-state index < -0.39 is 0 Å². The van der Waals surface area contributed by atoms with Crippen LogP contribution in [0, 0.1) is 6.92 Å². The lowest BCUT2D eigenvalue weighted by atomic mass is 9.85. The van der Waals surface area contributed by atoms with Crippen molar-refractivity contribution in [1.29, 1.82) is 0 Å². The molecule has 2 aromatic rings. The largest absolute Gasteiger partial charge is 0.381 e. The van der Waals surface area contributed by atoms with Crippen molar-refractivity contribution in [3.05, 3.63) is 71.3 Å². The second-order valence-electron chi connectivity index (χ2n) is 6.87. The van der Waals surface area contributed by atoms with E-state index in [0.29, 0.717) is 12.5 Å². The molecule has 1 fully saturated rings. The van der Waals surface area contributed by atoms with Gasteiger partial charge in [-0.25, -0.2) is 0 Å². The Labute approximate surface area is 150 Å². The lowest BCUT2D eigenvalue weighted by molar-refractivity contribution is -0.133. The minimum atomic E-state index is 0.0946. The molecule has 1 saturated heterocycles. The smallest absolute Gasteiger partial charge is 0.223 e. The molecule has 0 bridgehead atoms. The third-order valence-electron chi connectivity index (χ3n) is 5.28. The number of ether oxygens (including phenoxy) is 1. The molecule has 1 amide bonds. The highest BCUT2D eigenvalue weighted by molar-refractivity contribution is 5.78. The zero-order chi connectivity index (χ0) is 17.6. The molecule has 0 aliphatic carbocycles. The Bertz CT molecular complexity index is 692. The van der Waals surface area contributed by atoms with Gasteiger partial charge in [0.1, 0.15) is 0 Å². The average molecular weight is 337 g/mol. The Balaban J connectivity index is 1.83. The molecule has 132 valence electrons. The number of amides is 1. The van der Waals surface area contributed by atoms with Crippen molar-refractivity contribution in [3.63, 3.8) is 0 Å². The quantitative estimate of drug-likeness (QED) is 0.820. The van der Waals surface area contributed by atoms with Gasteiger partial charge in [0.25, 0.3) is 0 Å². The fourth-order valence-electron chi connectivity index (χ4n) is 3.67. The fourth-order valence-corrected chi connectivity index (χ4v) is 3.67. The summed E-state index contributed by atoms with van der Waals surface area (Å²) in [6.07, 6.45) is 2.37. The average Bonchev–Trinajstić information content (AvgIpc) is 2.67. The van der Waals surface area contributed by atoms with Gasteiger partial charge in [-0.05, 0) is 36.5 Å². The number of aryl methyl sites for hydroxylation is 1. The highest BCUT2D eigenvalue weighted by Crippen LogP contribution is 2.31. The maximum absolute atomic E-state index is 13.0. The first-order chi connectivity index (χ1) is 12.2. The number of rotatable bonds is 5. The molecule has 0 aromatic heterocycles. The topological polar surface area (TPSA) is 29.5 Å². The molecule has 25 heavy (non-hydrogen) atoms. The normalized spacial score (nSPS) is 16.4. The van der Waals surface area contributed by atoms with Crippen LogP contribution in [-0.4, -0.2) is 37.1 Å². The van der Waals surface area contributed by atoms with Gasteiger partial charge in [0.05, 0.1) is 0 Å². The van der Waals surface area contributed by atoms with Crippen LogP contribution in [0.4, 0.5) is 0 Å². The van der Waals surface area contributed by atoms with Gasteiger partial charge in [-0.3, -0.25) is 4.79 Å². The van der Waals surface area contributed by atoms with Gasteiger partial charge in [-0.15, -0.1) is 0 Å². The van der Waals surface area contributed by atoms with E-state index in [9.17, 15) is 4.79 Å². The molecular weight excluding hydrogens is 310 g/mol. The number of carbonyl (C=O) groups is 1. The molecule has 0 radical (unpaired) electrons. The molecule has 0 spiro atoms. The minimum absolute atomic E-state index is 0.0946. The first-order valence-corrected chi connectivity index (χ1v) is 9.10. The summed E-state index contributed by atoms with van der Waals surface area (Å²) in [5.41, 5.74) is 3.67. The van der Waals surface area contributed by atoms with Gasteiger partial charge in [-0.1, -0.05) is 54.6 Å². The molecular formula is C22H27NO2. The summed E-state index contributed by atoms with van der Waals surface area (Å²) in [6, 6.07) is 19.1. The van der Waals surface area contributed by atoms with Gasteiger partial charge >= 0.3 is 0 Å². The second-order valence-corrected chi connectivity index (χ2v) is 6.87. The molecule has 1 atom stereocenters. The Morgan fingerprint density at radius 2 is 1.72 bits per heavy atom. The van der Waals surface area contributed by atoms with Crippen LogP contribution in [-0.2, 0) is 9.53 Å². The zero-order valence-corrected chi connectivity index (χ0v) is 15.2. The highest BCUT2D eigenvalue weighted by atomic mass is 16.5. The first-order valence-electron chi connectivity index (χ1n) is 9.10. The predicted octanol–water partition coefficient (Wildman–Crippen LogP) is 4.15. The second kappa shape index (κ2) is 8.30. The molecule has 3 heteroatoms. The lowest BCUT2D eigenvalue weighted by Crippen LogP contribution is -2.41. The van der Waals surface area contributed by atoms with Gasteiger partial charge in [0.15, 0.2) is 0 Å². The molecule has 1 heterocycles. The number of hydrogen-bond acceptors (Lipinski definition) is 2. The Morgan fingerprint density at radius 1 is 1.08 bits per heavy atom.